The van der Waals surface area contributed by atoms with Crippen LogP contribution in [0.4, 0.5) is 4.79 Å². The highest BCUT2D eigenvalue weighted by Gasteiger charge is 2.71. The van der Waals surface area contributed by atoms with Crippen LogP contribution in [0.1, 0.15) is 73.1 Å². The normalized spacial score (nSPS) is 42.1. The summed E-state index contributed by atoms with van der Waals surface area (Å²) in [7, 11) is 1.36. The number of esters is 1. The van der Waals surface area contributed by atoms with Crippen LogP contribution in [0.25, 0.3) is 0 Å². The molecule has 8 heteroatoms. The molecule has 2 N–H and O–H groups in total. The molecule has 0 aromatic heterocycles. The van der Waals surface area contributed by atoms with Gasteiger partial charge in [-0.15, -0.1) is 0 Å². The van der Waals surface area contributed by atoms with Crippen LogP contribution in [0.15, 0.2) is 0 Å². The fraction of sp³-hybridized carbons (Fsp3) is 0.885. The van der Waals surface area contributed by atoms with Gasteiger partial charge in [-0.3, -0.25) is 4.79 Å². The molecule has 8 nitrogen and oxygen atoms in total. The molecule has 190 valence electrons. The van der Waals surface area contributed by atoms with Gasteiger partial charge in [-0.25, -0.2) is 9.59 Å². The average molecular weight is 477 g/mol. The third kappa shape index (κ3) is 3.71. The van der Waals surface area contributed by atoms with Gasteiger partial charge in [0.25, 0.3) is 0 Å². The molecule has 2 unspecified atom stereocenters. The number of carbonyl (C=O) groups is 3. The molecule has 1 aliphatic heterocycles. The molecule has 4 bridgehead atoms. The van der Waals surface area contributed by atoms with Gasteiger partial charge < -0.3 is 24.8 Å². The molecule has 34 heavy (non-hydrogen) atoms. The molecular formula is C26H40N2O6. The number of aliphatic hydroxyl groups is 1. The lowest BCUT2D eigenvalue weighted by Gasteiger charge is -2.62. The molecule has 0 aromatic rings. The van der Waals surface area contributed by atoms with E-state index >= 15 is 0 Å². The molecule has 5 aliphatic carbocycles. The van der Waals surface area contributed by atoms with Crippen molar-refractivity contribution in [2.45, 2.75) is 96.4 Å². The molecule has 1 heterocycles. The summed E-state index contributed by atoms with van der Waals surface area (Å²) in [6.07, 6.45) is 4.07. The molecule has 0 radical (unpaired) electrons. The van der Waals surface area contributed by atoms with E-state index in [4.69, 9.17) is 9.47 Å². The Labute approximate surface area is 202 Å². The van der Waals surface area contributed by atoms with Crippen molar-refractivity contribution in [3.8, 4) is 0 Å². The number of ether oxygens (including phenoxy) is 2. The zero-order chi connectivity index (χ0) is 24.8. The van der Waals surface area contributed by atoms with Gasteiger partial charge in [-0.2, -0.15) is 0 Å². The van der Waals surface area contributed by atoms with E-state index in [1.165, 1.54) is 7.11 Å². The molecule has 6 rings (SSSR count). The second-order valence-corrected chi connectivity index (χ2v) is 13.5. The van der Waals surface area contributed by atoms with Crippen LogP contribution in [0.5, 0.6) is 0 Å². The Morgan fingerprint density at radius 3 is 2.24 bits per heavy atom. The number of nitrogens with zero attached hydrogens (tertiary/aromatic N) is 1. The molecule has 1 saturated heterocycles. The minimum atomic E-state index is -0.840. The Kier molecular flexibility index (Phi) is 5.16. The number of methoxy groups -OCH3 is 1. The highest BCUT2D eigenvalue weighted by atomic mass is 16.6. The maximum atomic E-state index is 14.2. The Bertz CT molecular complexity index is 893. The summed E-state index contributed by atoms with van der Waals surface area (Å²) in [5.74, 6) is 0.366. The Morgan fingerprint density at radius 1 is 1.09 bits per heavy atom. The van der Waals surface area contributed by atoms with Crippen LogP contribution >= 0.6 is 0 Å². The lowest BCUT2D eigenvalue weighted by Crippen LogP contribution is -2.67. The van der Waals surface area contributed by atoms with Crippen LogP contribution in [0.3, 0.4) is 0 Å². The number of rotatable bonds is 4. The van der Waals surface area contributed by atoms with Gasteiger partial charge in [0.2, 0.25) is 5.91 Å². The van der Waals surface area contributed by atoms with E-state index in [1.54, 1.807) is 25.7 Å². The van der Waals surface area contributed by atoms with Gasteiger partial charge >= 0.3 is 12.1 Å². The van der Waals surface area contributed by atoms with Crippen molar-refractivity contribution in [2.75, 3.05) is 13.7 Å². The van der Waals surface area contributed by atoms with Crippen molar-refractivity contribution in [3.05, 3.63) is 0 Å². The van der Waals surface area contributed by atoms with Crippen molar-refractivity contribution in [1.82, 2.24) is 10.2 Å². The van der Waals surface area contributed by atoms with Crippen molar-refractivity contribution < 1.29 is 29.0 Å². The first kappa shape index (κ1) is 23.9. The third-order valence-corrected chi connectivity index (χ3v) is 9.53. The largest absolute Gasteiger partial charge is 0.467 e. The first-order valence-corrected chi connectivity index (χ1v) is 12.8. The number of piperidine rings is 1. The summed E-state index contributed by atoms with van der Waals surface area (Å²) < 4.78 is 10.7. The number of likely N-dealkylation sites (tertiary alicyclic amines) is 1. The van der Waals surface area contributed by atoms with Gasteiger partial charge in [0, 0.05) is 17.9 Å². The number of nitrogens with one attached hydrogen (secondary N) is 1. The molecule has 6 fully saturated rings. The monoisotopic (exact) mass is 476 g/mol. The van der Waals surface area contributed by atoms with E-state index in [9.17, 15) is 19.5 Å². The van der Waals surface area contributed by atoms with Crippen LogP contribution < -0.4 is 5.32 Å². The number of hydrogen-bond acceptors (Lipinski definition) is 6. The first-order valence-electron chi connectivity index (χ1n) is 12.8. The van der Waals surface area contributed by atoms with Gasteiger partial charge in [-0.05, 0) is 82.5 Å². The highest BCUT2D eigenvalue weighted by Crippen LogP contribution is 2.66. The highest BCUT2D eigenvalue weighted by molar-refractivity contribution is 5.92. The number of amides is 2. The molecule has 0 spiro atoms. The summed E-state index contributed by atoms with van der Waals surface area (Å²) in [5.41, 5.74) is -2.03. The Morgan fingerprint density at radius 2 is 1.71 bits per heavy atom. The smallest absolute Gasteiger partial charge is 0.408 e. The van der Waals surface area contributed by atoms with E-state index in [-0.39, 0.29) is 23.2 Å². The van der Waals surface area contributed by atoms with Crippen molar-refractivity contribution in [1.29, 1.82) is 0 Å². The zero-order valence-electron chi connectivity index (χ0n) is 21.3. The van der Waals surface area contributed by atoms with E-state index in [1.807, 2.05) is 0 Å². The quantitative estimate of drug-likeness (QED) is 0.605. The maximum Gasteiger partial charge on any atom is 0.408 e. The van der Waals surface area contributed by atoms with E-state index < -0.39 is 40.8 Å². The summed E-state index contributed by atoms with van der Waals surface area (Å²) in [6.45, 7) is 10.1. The minimum absolute atomic E-state index is 0.0143. The zero-order valence-corrected chi connectivity index (χ0v) is 21.3. The van der Waals surface area contributed by atoms with Crippen LogP contribution in [0.2, 0.25) is 0 Å². The fourth-order valence-electron chi connectivity index (χ4n) is 8.59. The van der Waals surface area contributed by atoms with Crippen LogP contribution in [0, 0.1) is 34.5 Å². The van der Waals surface area contributed by atoms with Crippen LogP contribution in [-0.2, 0) is 19.1 Å². The van der Waals surface area contributed by atoms with Crippen molar-refractivity contribution in [3.63, 3.8) is 0 Å². The molecular weight excluding hydrogens is 436 g/mol. The second-order valence-electron chi connectivity index (χ2n) is 13.5. The molecule has 0 aromatic carbocycles. The molecule has 6 atom stereocenters. The van der Waals surface area contributed by atoms with Gasteiger partial charge in [0.1, 0.15) is 17.7 Å². The number of fused-ring (bicyclic) bond motifs is 1. The Balaban J connectivity index is 1.47. The van der Waals surface area contributed by atoms with Gasteiger partial charge in [0.15, 0.2) is 0 Å². The van der Waals surface area contributed by atoms with Crippen molar-refractivity contribution in [2.24, 2.45) is 34.5 Å². The topological polar surface area (TPSA) is 105 Å². The molecule has 6 aliphatic rings. The second kappa shape index (κ2) is 7.34. The minimum Gasteiger partial charge on any atom is -0.467 e. The fourth-order valence-corrected chi connectivity index (χ4v) is 8.59. The van der Waals surface area contributed by atoms with Gasteiger partial charge in [-0.1, -0.05) is 13.8 Å². The van der Waals surface area contributed by atoms with E-state index in [0.29, 0.717) is 24.8 Å². The first-order chi connectivity index (χ1) is 15.7. The van der Waals surface area contributed by atoms with Crippen LogP contribution in [-0.4, -0.2) is 64.9 Å². The summed E-state index contributed by atoms with van der Waals surface area (Å²) in [6, 6.07) is -1.48. The lowest BCUT2D eigenvalue weighted by atomic mass is 9.46. The average Bonchev–Trinajstić information content (AvgIpc) is 3.03. The Hall–Kier alpha value is -1.83. The third-order valence-electron chi connectivity index (χ3n) is 9.53. The summed E-state index contributed by atoms with van der Waals surface area (Å²) >= 11 is 0. The number of alkyl carbamates (subject to hydrolysis) is 1. The molecule has 5 saturated carbocycles. The van der Waals surface area contributed by atoms with Gasteiger partial charge in [0.05, 0.1) is 12.7 Å². The van der Waals surface area contributed by atoms with E-state index in [2.05, 4.69) is 19.2 Å². The SMILES string of the molecule is COC(=O)[C@@H]1[C@@H]2[C@H](CN1C(=O)[C@@H](NC(=O)OC(C)(C)C)C13CC4CC(CC(O)(C4)C1)C3)C2(C)C. The standard InChI is InChI=1S/C26H40N2O6/c1-23(2,3)34-22(31)27-19(25-8-14-7-15(9-25)11-26(32,10-14)13-25)20(29)28-12-16-17(24(16,4)5)18(28)21(30)33-6/h14-19,32H,7-13H2,1-6H3,(H,27,31)/t14?,15?,16-,17-,18-,19+,25?,26?/m0/s1. The predicted molar refractivity (Wildman–Crippen MR) is 124 cm³/mol. The van der Waals surface area contributed by atoms with E-state index in [0.717, 1.165) is 32.1 Å². The maximum absolute atomic E-state index is 14.2. The van der Waals surface area contributed by atoms with Crippen molar-refractivity contribution >= 4 is 18.0 Å². The predicted octanol–water partition coefficient (Wildman–Crippen LogP) is 2.87. The number of hydrogen-bond donors (Lipinski definition) is 2. The lowest BCUT2D eigenvalue weighted by molar-refractivity contribution is -0.182. The summed E-state index contributed by atoms with van der Waals surface area (Å²) in [4.78, 5) is 41.7. The molecule has 2 amide bonds. The summed E-state index contributed by atoms with van der Waals surface area (Å²) in [5, 5.41) is 14.3. The number of carbonyl (C=O) groups excluding carboxylic acids is 3.